The Morgan fingerprint density at radius 2 is 2.31 bits per heavy atom. The molecule has 3 nitrogen and oxygen atoms in total. The second-order valence-electron chi connectivity index (χ2n) is 3.50. The zero-order valence-corrected chi connectivity index (χ0v) is 10.1. The van der Waals surface area contributed by atoms with Crippen molar-refractivity contribution in [2.24, 2.45) is 0 Å². The van der Waals surface area contributed by atoms with E-state index in [1.807, 2.05) is 13.2 Å². The van der Waals surface area contributed by atoms with Crippen molar-refractivity contribution in [1.82, 2.24) is 5.32 Å². The van der Waals surface area contributed by atoms with E-state index in [2.05, 4.69) is 5.32 Å². The van der Waals surface area contributed by atoms with Crippen LogP contribution in [-0.2, 0) is 0 Å². The summed E-state index contributed by atoms with van der Waals surface area (Å²) in [6.45, 7) is 2.49. The van der Waals surface area contributed by atoms with Gasteiger partial charge >= 0.3 is 0 Å². The van der Waals surface area contributed by atoms with Crippen LogP contribution in [0.4, 0.5) is 10.1 Å². The minimum Gasteiger partial charge on any atom is -0.399 e. The average Bonchev–Trinajstić information content (AvgIpc) is 2.28. The Hall–Kier alpha value is -1.23. The SMILES string of the molecule is CSC(C)CNC(=O)c1cc(N)ccc1F. The topological polar surface area (TPSA) is 55.1 Å². The van der Waals surface area contributed by atoms with Gasteiger partial charge in [-0.25, -0.2) is 4.39 Å². The summed E-state index contributed by atoms with van der Waals surface area (Å²) >= 11 is 1.64. The van der Waals surface area contributed by atoms with Crippen LogP contribution >= 0.6 is 11.8 Å². The summed E-state index contributed by atoms with van der Waals surface area (Å²) in [4.78, 5) is 11.6. The van der Waals surface area contributed by atoms with Crippen LogP contribution in [0.1, 0.15) is 17.3 Å². The van der Waals surface area contributed by atoms with Crippen LogP contribution in [0.3, 0.4) is 0 Å². The van der Waals surface area contributed by atoms with Crippen molar-refractivity contribution < 1.29 is 9.18 Å². The molecular formula is C11H15FN2OS. The van der Waals surface area contributed by atoms with Crippen molar-refractivity contribution in [2.45, 2.75) is 12.2 Å². The Bertz CT molecular complexity index is 384. The Labute approximate surface area is 98.6 Å². The first-order valence-electron chi connectivity index (χ1n) is 4.90. The largest absolute Gasteiger partial charge is 0.399 e. The maximum atomic E-state index is 13.3. The van der Waals surface area contributed by atoms with Crippen molar-refractivity contribution >= 4 is 23.4 Å². The van der Waals surface area contributed by atoms with Crippen LogP contribution in [0.25, 0.3) is 0 Å². The van der Waals surface area contributed by atoms with E-state index in [4.69, 9.17) is 5.73 Å². The van der Waals surface area contributed by atoms with Gasteiger partial charge < -0.3 is 11.1 Å². The molecule has 0 aromatic heterocycles. The summed E-state index contributed by atoms with van der Waals surface area (Å²) in [6.07, 6.45) is 1.96. The number of anilines is 1. The third-order valence-corrected chi connectivity index (χ3v) is 3.16. The molecule has 0 radical (unpaired) electrons. The molecule has 0 spiro atoms. The van der Waals surface area contributed by atoms with Crippen LogP contribution in [0.2, 0.25) is 0 Å². The Morgan fingerprint density at radius 3 is 2.94 bits per heavy atom. The molecule has 0 aliphatic heterocycles. The molecule has 1 aromatic carbocycles. The van der Waals surface area contributed by atoms with Crippen molar-refractivity contribution in [2.75, 3.05) is 18.5 Å². The monoisotopic (exact) mass is 242 g/mol. The lowest BCUT2D eigenvalue weighted by atomic mass is 10.1. The number of carbonyl (C=O) groups excluding carboxylic acids is 1. The zero-order valence-electron chi connectivity index (χ0n) is 9.29. The molecule has 0 aliphatic carbocycles. The highest BCUT2D eigenvalue weighted by molar-refractivity contribution is 7.99. The fraction of sp³-hybridized carbons (Fsp3) is 0.364. The first kappa shape index (κ1) is 12.8. The molecule has 1 atom stereocenters. The molecule has 1 unspecified atom stereocenters. The van der Waals surface area contributed by atoms with E-state index in [0.717, 1.165) is 0 Å². The predicted octanol–water partition coefficient (Wildman–Crippen LogP) is 1.89. The number of nitrogens with two attached hydrogens (primary N) is 1. The average molecular weight is 242 g/mol. The van der Waals surface area contributed by atoms with Gasteiger partial charge in [-0.3, -0.25) is 4.79 Å². The highest BCUT2D eigenvalue weighted by atomic mass is 32.2. The van der Waals surface area contributed by atoms with Gasteiger partial charge in [-0.1, -0.05) is 6.92 Å². The van der Waals surface area contributed by atoms with E-state index < -0.39 is 11.7 Å². The second kappa shape index (κ2) is 5.75. The molecule has 16 heavy (non-hydrogen) atoms. The predicted molar refractivity (Wildman–Crippen MR) is 66.1 cm³/mol. The number of thioether (sulfide) groups is 1. The third kappa shape index (κ3) is 3.41. The minimum atomic E-state index is -0.552. The van der Waals surface area contributed by atoms with Gasteiger partial charge in [-0.2, -0.15) is 11.8 Å². The highest BCUT2D eigenvalue weighted by Crippen LogP contribution is 2.12. The van der Waals surface area contributed by atoms with Crippen LogP contribution in [-0.4, -0.2) is 24.0 Å². The van der Waals surface area contributed by atoms with Crippen molar-refractivity contribution in [3.05, 3.63) is 29.6 Å². The number of halogens is 1. The molecular weight excluding hydrogens is 227 g/mol. The van der Waals surface area contributed by atoms with Gasteiger partial charge in [-0.15, -0.1) is 0 Å². The highest BCUT2D eigenvalue weighted by Gasteiger charge is 2.12. The normalized spacial score (nSPS) is 12.2. The van der Waals surface area contributed by atoms with E-state index in [-0.39, 0.29) is 5.56 Å². The van der Waals surface area contributed by atoms with E-state index in [1.165, 1.54) is 18.2 Å². The van der Waals surface area contributed by atoms with E-state index in [1.54, 1.807) is 11.8 Å². The molecule has 1 aromatic rings. The lowest BCUT2D eigenvalue weighted by Crippen LogP contribution is -2.30. The quantitative estimate of drug-likeness (QED) is 0.793. The summed E-state index contributed by atoms with van der Waals surface area (Å²) in [5.41, 5.74) is 5.87. The van der Waals surface area contributed by atoms with Gasteiger partial charge in [0, 0.05) is 17.5 Å². The number of nitrogens with one attached hydrogen (secondary N) is 1. The van der Waals surface area contributed by atoms with Crippen molar-refractivity contribution in [1.29, 1.82) is 0 Å². The summed E-state index contributed by atoms with van der Waals surface area (Å²) in [5, 5.41) is 2.96. The number of hydrogen-bond donors (Lipinski definition) is 2. The molecule has 1 rings (SSSR count). The van der Waals surface area contributed by atoms with Crippen LogP contribution in [0.5, 0.6) is 0 Å². The van der Waals surface area contributed by atoms with Crippen molar-refractivity contribution in [3.8, 4) is 0 Å². The standard InChI is InChI=1S/C11H15FN2OS/c1-7(16-2)6-14-11(15)9-5-8(13)3-4-10(9)12/h3-5,7H,6,13H2,1-2H3,(H,14,15). The Kier molecular flexibility index (Phi) is 4.61. The smallest absolute Gasteiger partial charge is 0.254 e. The van der Waals surface area contributed by atoms with Gasteiger partial charge in [0.1, 0.15) is 5.82 Å². The molecule has 1 amide bonds. The zero-order chi connectivity index (χ0) is 12.1. The van der Waals surface area contributed by atoms with Gasteiger partial charge in [0.05, 0.1) is 5.56 Å². The van der Waals surface area contributed by atoms with Gasteiger partial charge in [-0.05, 0) is 24.5 Å². The second-order valence-corrected chi connectivity index (χ2v) is 4.77. The van der Waals surface area contributed by atoms with Crippen LogP contribution in [0, 0.1) is 5.82 Å². The summed E-state index contributed by atoms with van der Waals surface area (Å²) in [5.74, 6) is -0.978. The van der Waals surface area contributed by atoms with Gasteiger partial charge in [0.15, 0.2) is 0 Å². The fourth-order valence-electron chi connectivity index (χ4n) is 1.13. The van der Waals surface area contributed by atoms with E-state index in [0.29, 0.717) is 17.5 Å². The number of nitrogen functional groups attached to an aromatic ring is 1. The number of carbonyl (C=O) groups is 1. The maximum Gasteiger partial charge on any atom is 0.254 e. The first-order chi connectivity index (χ1) is 7.54. The lowest BCUT2D eigenvalue weighted by Gasteiger charge is -2.10. The van der Waals surface area contributed by atoms with Crippen molar-refractivity contribution in [3.63, 3.8) is 0 Å². The molecule has 0 saturated carbocycles. The molecule has 0 heterocycles. The molecule has 0 fully saturated rings. The van der Waals surface area contributed by atoms with Gasteiger partial charge in [0.2, 0.25) is 0 Å². The van der Waals surface area contributed by atoms with E-state index >= 15 is 0 Å². The number of hydrogen-bond acceptors (Lipinski definition) is 3. The number of amides is 1. The molecule has 0 aliphatic rings. The van der Waals surface area contributed by atoms with Crippen LogP contribution < -0.4 is 11.1 Å². The summed E-state index contributed by atoms with van der Waals surface area (Å²) in [7, 11) is 0. The third-order valence-electron chi connectivity index (χ3n) is 2.19. The number of rotatable bonds is 4. The number of benzene rings is 1. The first-order valence-corrected chi connectivity index (χ1v) is 6.19. The molecule has 5 heteroatoms. The molecule has 88 valence electrons. The summed E-state index contributed by atoms with van der Waals surface area (Å²) < 4.78 is 13.3. The molecule has 0 bridgehead atoms. The molecule has 0 saturated heterocycles. The van der Waals surface area contributed by atoms with Crippen LogP contribution in [0.15, 0.2) is 18.2 Å². The summed E-state index contributed by atoms with van der Waals surface area (Å²) in [6, 6.07) is 3.97. The lowest BCUT2D eigenvalue weighted by molar-refractivity contribution is 0.0950. The minimum absolute atomic E-state index is 0.00620. The maximum absolute atomic E-state index is 13.3. The van der Waals surface area contributed by atoms with E-state index in [9.17, 15) is 9.18 Å². The van der Waals surface area contributed by atoms with Gasteiger partial charge in [0.25, 0.3) is 5.91 Å². The Morgan fingerprint density at radius 1 is 1.62 bits per heavy atom. The Balaban J connectivity index is 2.69. The fourth-order valence-corrected chi connectivity index (χ4v) is 1.38. The molecule has 3 N–H and O–H groups in total.